The Bertz CT molecular complexity index is 989. The average molecular weight is 383 g/mol. The van der Waals surface area contributed by atoms with Gasteiger partial charge in [0.1, 0.15) is 23.6 Å². The molecule has 0 aliphatic carbocycles. The Kier molecular flexibility index (Phi) is 4.90. The number of anilines is 1. The van der Waals surface area contributed by atoms with E-state index in [2.05, 4.69) is 14.9 Å². The molecule has 4 rings (SSSR count). The van der Waals surface area contributed by atoms with E-state index in [1.54, 1.807) is 20.3 Å². The zero-order valence-corrected chi connectivity index (χ0v) is 16.1. The van der Waals surface area contributed by atoms with Crippen molar-refractivity contribution < 1.29 is 18.6 Å². The zero-order valence-electron chi connectivity index (χ0n) is 16.1. The van der Waals surface area contributed by atoms with Crippen LogP contribution < -0.4 is 19.1 Å². The molecular formula is C21H22FN3O3. The number of benzene rings is 2. The molecule has 0 saturated carbocycles. The summed E-state index contributed by atoms with van der Waals surface area (Å²) in [7, 11) is 4.76. The Balaban J connectivity index is 1.66. The number of hydrogen-bond acceptors (Lipinski definition) is 6. The summed E-state index contributed by atoms with van der Waals surface area (Å²) in [4.78, 5) is 10.9. The van der Waals surface area contributed by atoms with Crippen LogP contribution in [0, 0.1) is 5.82 Å². The Morgan fingerprint density at radius 2 is 1.71 bits per heavy atom. The van der Waals surface area contributed by atoms with Crippen LogP contribution in [-0.4, -0.2) is 44.4 Å². The van der Waals surface area contributed by atoms with Crippen LogP contribution in [0.15, 0.2) is 36.7 Å². The molecule has 1 atom stereocenters. The third-order valence-electron chi connectivity index (χ3n) is 5.22. The number of halogens is 1. The van der Waals surface area contributed by atoms with Crippen molar-refractivity contribution in [1.82, 2.24) is 9.97 Å². The first kappa shape index (κ1) is 18.3. The second-order valence-corrected chi connectivity index (χ2v) is 6.78. The molecule has 6 nitrogen and oxygen atoms in total. The Hall–Kier alpha value is -3.09. The van der Waals surface area contributed by atoms with Gasteiger partial charge in [-0.15, -0.1) is 0 Å². The highest BCUT2D eigenvalue weighted by molar-refractivity contribution is 5.90. The molecule has 0 bridgehead atoms. The van der Waals surface area contributed by atoms with Crippen LogP contribution in [0.3, 0.4) is 0 Å². The predicted octanol–water partition coefficient (Wildman–Crippen LogP) is 3.79. The van der Waals surface area contributed by atoms with E-state index in [1.807, 2.05) is 18.2 Å². The van der Waals surface area contributed by atoms with Crippen LogP contribution in [0.1, 0.15) is 17.9 Å². The van der Waals surface area contributed by atoms with Gasteiger partial charge in [0.25, 0.3) is 0 Å². The third kappa shape index (κ3) is 3.28. The van der Waals surface area contributed by atoms with E-state index >= 15 is 0 Å². The summed E-state index contributed by atoms with van der Waals surface area (Å²) in [5.41, 5.74) is 1.73. The van der Waals surface area contributed by atoms with Gasteiger partial charge in [0.2, 0.25) is 0 Å². The van der Waals surface area contributed by atoms with Crippen LogP contribution in [0.5, 0.6) is 17.2 Å². The second kappa shape index (κ2) is 7.50. The molecule has 2 heterocycles. The van der Waals surface area contributed by atoms with Crippen molar-refractivity contribution in [1.29, 1.82) is 0 Å². The predicted molar refractivity (Wildman–Crippen MR) is 105 cm³/mol. The van der Waals surface area contributed by atoms with E-state index in [1.165, 1.54) is 25.1 Å². The van der Waals surface area contributed by atoms with Gasteiger partial charge >= 0.3 is 0 Å². The Morgan fingerprint density at radius 1 is 0.964 bits per heavy atom. The highest BCUT2D eigenvalue weighted by Crippen LogP contribution is 2.37. The van der Waals surface area contributed by atoms with Crippen LogP contribution >= 0.6 is 0 Å². The number of methoxy groups -OCH3 is 3. The van der Waals surface area contributed by atoms with Gasteiger partial charge in [-0.1, -0.05) is 0 Å². The van der Waals surface area contributed by atoms with Crippen molar-refractivity contribution in [2.75, 3.05) is 39.3 Å². The lowest BCUT2D eigenvalue weighted by molar-refractivity contribution is 0.387. The standard InChI is InChI=1S/C21H22FN3O3/c1-26-15-6-14(7-16(8-15)27-2)13-4-5-25(11-13)21-17-9-20(28-3)18(22)10-19(17)23-12-24-21/h6-10,12-13H,4-5,11H2,1-3H3. The number of fused-ring (bicyclic) bond motifs is 1. The molecule has 1 fully saturated rings. The van der Waals surface area contributed by atoms with Crippen molar-refractivity contribution in [2.45, 2.75) is 12.3 Å². The smallest absolute Gasteiger partial charge is 0.167 e. The molecule has 0 amide bonds. The van der Waals surface area contributed by atoms with E-state index in [9.17, 15) is 4.39 Å². The molecule has 1 aliphatic rings. The van der Waals surface area contributed by atoms with Crippen molar-refractivity contribution in [3.63, 3.8) is 0 Å². The molecular weight excluding hydrogens is 361 g/mol. The first-order valence-electron chi connectivity index (χ1n) is 9.09. The maximum absolute atomic E-state index is 14.0. The monoisotopic (exact) mass is 383 g/mol. The molecule has 1 aliphatic heterocycles. The minimum Gasteiger partial charge on any atom is -0.497 e. The van der Waals surface area contributed by atoms with Crippen LogP contribution in [0.25, 0.3) is 10.9 Å². The van der Waals surface area contributed by atoms with Gasteiger partial charge in [0, 0.05) is 36.5 Å². The number of nitrogens with zero attached hydrogens (tertiary/aromatic N) is 3. The molecule has 1 unspecified atom stereocenters. The lowest BCUT2D eigenvalue weighted by Crippen LogP contribution is -2.21. The number of hydrogen-bond donors (Lipinski definition) is 0. The van der Waals surface area contributed by atoms with Gasteiger partial charge in [0.05, 0.1) is 26.8 Å². The van der Waals surface area contributed by atoms with E-state index < -0.39 is 5.82 Å². The minimum atomic E-state index is -0.428. The summed E-state index contributed by atoms with van der Waals surface area (Å²) in [5.74, 6) is 2.43. The molecule has 0 N–H and O–H groups in total. The second-order valence-electron chi connectivity index (χ2n) is 6.78. The summed E-state index contributed by atoms with van der Waals surface area (Å²) in [5, 5.41) is 0.782. The minimum absolute atomic E-state index is 0.192. The largest absolute Gasteiger partial charge is 0.497 e. The van der Waals surface area contributed by atoms with E-state index in [-0.39, 0.29) is 5.75 Å². The molecule has 146 valence electrons. The summed E-state index contributed by atoms with van der Waals surface area (Å²) >= 11 is 0. The van der Waals surface area contributed by atoms with Crippen molar-refractivity contribution >= 4 is 16.7 Å². The summed E-state index contributed by atoms with van der Waals surface area (Å²) < 4.78 is 30.0. The molecule has 1 aromatic heterocycles. The topological polar surface area (TPSA) is 56.7 Å². The van der Waals surface area contributed by atoms with Gasteiger partial charge in [0.15, 0.2) is 11.6 Å². The van der Waals surface area contributed by atoms with Gasteiger partial charge in [-0.2, -0.15) is 0 Å². The Labute approximate surface area is 162 Å². The molecule has 0 spiro atoms. The molecule has 7 heteroatoms. The molecule has 28 heavy (non-hydrogen) atoms. The van der Waals surface area contributed by atoms with Crippen LogP contribution in [0.4, 0.5) is 10.2 Å². The van der Waals surface area contributed by atoms with Crippen LogP contribution in [0.2, 0.25) is 0 Å². The highest BCUT2D eigenvalue weighted by atomic mass is 19.1. The Morgan fingerprint density at radius 3 is 2.39 bits per heavy atom. The maximum Gasteiger partial charge on any atom is 0.167 e. The molecule has 1 saturated heterocycles. The lowest BCUT2D eigenvalue weighted by atomic mass is 9.98. The number of ether oxygens (including phenoxy) is 3. The zero-order chi connectivity index (χ0) is 19.7. The van der Waals surface area contributed by atoms with Gasteiger partial charge in [-0.05, 0) is 30.2 Å². The van der Waals surface area contributed by atoms with Crippen LogP contribution in [-0.2, 0) is 0 Å². The SMILES string of the molecule is COc1cc(OC)cc(C2CCN(c3ncnc4cc(F)c(OC)cc34)C2)c1. The van der Waals surface area contributed by atoms with Gasteiger partial charge < -0.3 is 19.1 Å². The third-order valence-corrected chi connectivity index (χ3v) is 5.22. The van der Waals surface area contributed by atoms with E-state index in [4.69, 9.17) is 14.2 Å². The van der Waals surface area contributed by atoms with E-state index in [0.29, 0.717) is 11.4 Å². The quantitative estimate of drug-likeness (QED) is 0.668. The van der Waals surface area contributed by atoms with Crippen molar-refractivity contribution in [3.05, 3.63) is 48.0 Å². The molecule has 2 aromatic carbocycles. The summed E-state index contributed by atoms with van der Waals surface area (Å²) in [6.07, 6.45) is 2.45. The average Bonchev–Trinajstić information content (AvgIpc) is 3.22. The number of rotatable bonds is 5. The fourth-order valence-electron chi connectivity index (χ4n) is 3.74. The summed E-state index contributed by atoms with van der Waals surface area (Å²) in [6, 6.07) is 9.02. The molecule has 3 aromatic rings. The first-order chi connectivity index (χ1) is 13.6. The highest BCUT2D eigenvalue weighted by Gasteiger charge is 2.27. The van der Waals surface area contributed by atoms with Crippen molar-refractivity contribution in [2.24, 2.45) is 0 Å². The number of aromatic nitrogens is 2. The fourth-order valence-corrected chi connectivity index (χ4v) is 3.74. The maximum atomic E-state index is 14.0. The van der Waals surface area contributed by atoms with E-state index in [0.717, 1.165) is 42.2 Å². The lowest BCUT2D eigenvalue weighted by Gasteiger charge is -2.20. The summed E-state index contributed by atoms with van der Waals surface area (Å²) in [6.45, 7) is 1.64. The van der Waals surface area contributed by atoms with Gasteiger partial charge in [-0.3, -0.25) is 0 Å². The van der Waals surface area contributed by atoms with Gasteiger partial charge in [-0.25, -0.2) is 14.4 Å². The fraction of sp³-hybridized carbons (Fsp3) is 0.333. The first-order valence-corrected chi connectivity index (χ1v) is 9.09. The normalized spacial score (nSPS) is 16.4. The van der Waals surface area contributed by atoms with Crippen molar-refractivity contribution in [3.8, 4) is 17.2 Å². The molecule has 0 radical (unpaired) electrons.